The fourth-order valence-electron chi connectivity index (χ4n) is 3.46. The molecule has 6 heterocycles. The zero-order valence-electron chi connectivity index (χ0n) is 54.6. The fraction of sp³-hybridized carbons (Fsp3) is 0.529. The molecule has 0 radical (unpaired) electrons. The first-order valence-corrected chi connectivity index (χ1v) is 32.8. The van der Waals surface area contributed by atoms with Gasteiger partial charge >= 0.3 is 52.1 Å². The molecule has 0 fully saturated rings. The molecule has 0 bridgehead atoms. The Morgan fingerprint density at radius 2 is 0.943 bits per heavy atom. The van der Waals surface area contributed by atoms with Gasteiger partial charge in [0.15, 0.2) is 5.78 Å². The maximum absolute atomic E-state index is 12.0. The van der Waals surface area contributed by atoms with Crippen molar-refractivity contribution < 1.29 is 80.8 Å². The van der Waals surface area contributed by atoms with Crippen LogP contribution in [0.5, 0.6) is 0 Å². The molecule has 0 spiro atoms. The Morgan fingerprint density at radius 3 is 1.16 bits per heavy atom. The number of hydroxylamine groups is 2. The van der Waals surface area contributed by atoms with Crippen molar-refractivity contribution in [3.05, 3.63) is 114 Å². The summed E-state index contributed by atoms with van der Waals surface area (Å²) >= 11 is 13.1. The molecule has 0 aliphatic rings. The van der Waals surface area contributed by atoms with Crippen molar-refractivity contribution in [3.8, 4) is 0 Å². The molecule has 37 heteroatoms. The molecule has 6 rings (SSSR count). The van der Waals surface area contributed by atoms with Crippen LogP contribution in [0.1, 0.15) is 154 Å². The van der Waals surface area contributed by atoms with Gasteiger partial charge in [-0.1, -0.05) is 0 Å². The number of aromatic nitrogens is 6. The maximum atomic E-state index is 12.0. The van der Waals surface area contributed by atoms with Gasteiger partial charge in [-0.15, -0.1) is 104 Å². The number of ketones is 1. The number of halogens is 5. The molecule has 88 heavy (non-hydrogen) atoms. The van der Waals surface area contributed by atoms with Gasteiger partial charge in [-0.3, -0.25) is 49.5 Å². The monoisotopic (exact) mass is 1620 g/mol. The van der Waals surface area contributed by atoms with Crippen molar-refractivity contribution in [3.63, 3.8) is 0 Å². The van der Waals surface area contributed by atoms with Crippen LogP contribution in [0.25, 0.3) is 0 Å². The number of amides is 1. The number of nitrogens with zero attached hydrogens (tertiary/aromatic N) is 8. The van der Waals surface area contributed by atoms with Crippen LogP contribution >= 0.6 is 104 Å². The molecule has 1 amide bonds. The summed E-state index contributed by atoms with van der Waals surface area (Å²) in [5.41, 5.74) is 16.1. The number of carboxylic acid groups (broad SMARTS) is 1. The quantitative estimate of drug-likeness (QED) is 0.0261. The molecule has 6 aromatic heterocycles. The average molecular weight is 1620 g/mol. The van der Waals surface area contributed by atoms with Crippen molar-refractivity contribution in [1.29, 1.82) is 0 Å². The van der Waals surface area contributed by atoms with Crippen LogP contribution in [-0.4, -0.2) is 183 Å². The van der Waals surface area contributed by atoms with Crippen LogP contribution in [-0.2, 0) is 53.6 Å². The van der Waals surface area contributed by atoms with E-state index in [1.54, 1.807) is 76.8 Å². The SMILES string of the molecule is CC(=NS(=O)C(C)(C)C)c1cncs1.CC(=O)c1cncs1.CC(C)(C)S(N)=O.CC(C)(N)c1cncs1.CC(C)(NS(=O)C(C)(C)C)c1cncs1.CCOC.CCl.CO.CON(C)C(=O)c1cncs1.Cl.Cl.O=C(O)c1cncs1.[Br-].[Br-].[CH3-].[CH3-].[Mg+2].[Mg+2]. The van der Waals surface area contributed by atoms with Gasteiger partial charge in [0, 0.05) is 81.3 Å². The third-order valence-corrected chi connectivity index (χ3v) is 18.1. The van der Waals surface area contributed by atoms with Crippen molar-refractivity contribution in [2.45, 2.75) is 136 Å². The first-order chi connectivity index (χ1) is 37.0. The molecule has 3 atom stereocenters. The largest absolute Gasteiger partial charge is 2.00 e. The minimum absolute atomic E-state index is 0. The number of hydrogen-bond acceptors (Lipinski definition) is 22. The van der Waals surface area contributed by atoms with E-state index in [0.717, 1.165) is 55.3 Å². The molecule has 0 aliphatic heterocycles. The molecule has 0 aliphatic carbocycles. The number of ether oxygens (including phenoxy) is 1. The summed E-state index contributed by atoms with van der Waals surface area (Å²) in [6.07, 6.45) is 11.3. The van der Waals surface area contributed by atoms with E-state index in [9.17, 15) is 27.0 Å². The number of carboxylic acids is 1. The average Bonchev–Trinajstić information content (AvgIpc) is 4.24. The Morgan fingerprint density at radius 1 is 0.625 bits per heavy atom. The predicted molar refractivity (Wildman–Crippen MR) is 379 cm³/mol. The van der Waals surface area contributed by atoms with Gasteiger partial charge in [-0.05, 0) is 104 Å². The number of carbonyl (C=O) groups is 3. The van der Waals surface area contributed by atoms with Gasteiger partial charge in [0.05, 0.1) is 110 Å². The summed E-state index contributed by atoms with van der Waals surface area (Å²) in [6.45, 7) is 31.3. The second-order valence-electron chi connectivity index (χ2n) is 18.9. The van der Waals surface area contributed by atoms with E-state index in [4.69, 9.17) is 25.9 Å². The standard InChI is InChI=1S/C10H18N2OS2.C9H14N2OS2.C6H8N2O2S.C6H10N2S.C5H5NOS.C4H3NO2S.C4H11NOS.C3H8O.CH3Cl.CH4O.2CH3.2BrH.2ClH.2Mg/c1-9(2,3)15(13)12-10(4,5)8-6-11-7-14-8;1-7(8-5-10-6-13-8)11-14(12)9(2,3)4;1-8(10-2)6(9)5-3-7-4-11-5;1-6(2,7)5-3-8-4-9-5;1-4(7)5-2-6-3-8-5;6-4(7)3-1-5-2-8-3;1-4(2,3)7(5)6;1-3-4-2;2*1-2;;;;;;;;/h6-7,12H,1-5H3;5-6H,1-4H3;3-4H,1-2H3;3-4H,7H2,1-2H3;2-3H,1H3;1-2H,(H,6,7);5H2,1-3H3;3H2,1-2H3;1H3;2H,1H3;2*1H3;4*1H;;/q;;;;;;;;;;2*-1;;;;;2*+2/p-2. The number of aliphatic hydroxyl groups excluding tert-OH is 1. The molecule has 0 saturated carbocycles. The summed E-state index contributed by atoms with van der Waals surface area (Å²) in [7, 11) is 2.25. The molecule has 7 N–H and O–H groups in total. The summed E-state index contributed by atoms with van der Waals surface area (Å²) in [5.74, 6) is -0.991. The second kappa shape index (κ2) is 62.7. The molecular formula is C51H92Br2Cl3Mg2N11O10S9. The van der Waals surface area contributed by atoms with Crippen molar-refractivity contribution in [2.75, 3.05) is 41.4 Å². The number of carbonyl (C=O) groups excluding carboxylic acids is 2. The topological polar surface area (TPSA) is 318 Å². The van der Waals surface area contributed by atoms with Gasteiger partial charge < -0.3 is 69.5 Å². The van der Waals surface area contributed by atoms with Gasteiger partial charge in [0.2, 0.25) is 0 Å². The first-order valence-electron chi connectivity index (χ1n) is 23.3. The first kappa shape index (κ1) is 115. The van der Waals surface area contributed by atoms with Gasteiger partial charge in [-0.2, -0.15) is 4.40 Å². The van der Waals surface area contributed by atoms with Crippen LogP contribution in [0.2, 0.25) is 0 Å². The van der Waals surface area contributed by atoms with Crippen LogP contribution < -0.4 is 49.6 Å². The number of nitrogens with two attached hydrogens (primary N) is 2. The Kier molecular flexibility index (Phi) is 82.0. The molecule has 21 nitrogen and oxygen atoms in total. The summed E-state index contributed by atoms with van der Waals surface area (Å²) in [5, 5.41) is 21.4. The minimum Gasteiger partial charge on any atom is -1.00 e. The van der Waals surface area contributed by atoms with E-state index < -0.39 is 38.9 Å². The number of alkyl halides is 1. The Balaban J connectivity index is -0.0000000748. The molecule has 6 aromatic rings. The van der Waals surface area contributed by atoms with Crippen LogP contribution in [0, 0.1) is 14.9 Å². The zero-order valence-corrected chi connectivity index (χ0v) is 70.3. The number of thiazole rings is 6. The molecule has 0 aromatic carbocycles. The normalized spacial score (nSPS) is 10.9. The van der Waals surface area contributed by atoms with Gasteiger partial charge in [0.25, 0.3) is 5.91 Å². The third-order valence-electron chi connectivity index (χ3n) is 8.07. The van der Waals surface area contributed by atoms with E-state index in [1.807, 2.05) is 116 Å². The van der Waals surface area contributed by atoms with E-state index in [1.165, 1.54) is 72.3 Å². The smallest absolute Gasteiger partial charge is 1.00 e. The molecular weight excluding hydrogens is 1530 g/mol. The number of hydrogen-bond donors (Lipinski definition) is 5. The Bertz CT molecular complexity index is 2550. The Hall–Kier alpha value is -0.368. The van der Waals surface area contributed by atoms with E-state index in [0.29, 0.717) is 4.88 Å². The molecule has 3 unspecified atom stereocenters. The molecule has 504 valence electrons. The van der Waals surface area contributed by atoms with Gasteiger partial charge in [0.1, 0.15) is 20.7 Å². The third kappa shape index (κ3) is 57.1. The number of aliphatic hydroxyl groups is 1. The summed E-state index contributed by atoms with van der Waals surface area (Å²) < 4.78 is 45.0. The Labute approximate surface area is 627 Å². The number of rotatable bonds is 11. The van der Waals surface area contributed by atoms with Crippen molar-refractivity contribution in [2.24, 2.45) is 15.3 Å². The minimum atomic E-state index is -1.19. The van der Waals surface area contributed by atoms with Crippen LogP contribution in [0.4, 0.5) is 0 Å². The number of aromatic carboxylic acids is 1. The van der Waals surface area contributed by atoms with E-state index >= 15 is 0 Å². The number of Topliss-reactive ketones (excluding diaryl/α,β-unsaturated/α-hetero) is 1. The number of nitrogens with one attached hydrogen (secondary N) is 1. The fourth-order valence-corrected chi connectivity index (χ4v) is 8.59. The van der Waals surface area contributed by atoms with Crippen molar-refractivity contribution >= 4 is 207 Å². The maximum Gasteiger partial charge on any atom is 2.00 e. The van der Waals surface area contributed by atoms with E-state index in [2.05, 4.69) is 55.4 Å². The van der Waals surface area contributed by atoms with E-state index in [-0.39, 0.29) is 162 Å². The summed E-state index contributed by atoms with van der Waals surface area (Å²) in [6, 6.07) is 0. The van der Waals surface area contributed by atoms with Crippen LogP contribution in [0.3, 0.4) is 0 Å². The zero-order chi connectivity index (χ0) is 63.1. The predicted octanol–water partition coefficient (Wildman–Crippen LogP) is 5.66. The summed E-state index contributed by atoms with van der Waals surface area (Å²) in [4.78, 5) is 64.2. The molecule has 0 saturated heterocycles. The van der Waals surface area contributed by atoms with Crippen LogP contribution in [0.15, 0.2) is 74.6 Å². The number of methoxy groups -OCH3 is 1. The van der Waals surface area contributed by atoms with Gasteiger partial charge in [-0.25, -0.2) is 27.2 Å². The second-order valence-corrected chi connectivity index (χ2v) is 29.9. The van der Waals surface area contributed by atoms with Crippen molar-refractivity contribution in [1.82, 2.24) is 39.7 Å².